The van der Waals surface area contributed by atoms with Gasteiger partial charge in [0.25, 0.3) is 10.1 Å². The smallest absolute Gasteiger partial charge is 0.266 e. The lowest BCUT2D eigenvalue weighted by Crippen LogP contribution is -2.07. The molecule has 0 N–H and O–H groups in total. The third-order valence-corrected chi connectivity index (χ3v) is 5.61. The molecule has 0 aliphatic rings. The normalized spacial score (nSPS) is 12.9. The summed E-state index contributed by atoms with van der Waals surface area (Å²) in [6.45, 7) is 10.6. The molecule has 0 saturated heterocycles. The van der Waals surface area contributed by atoms with E-state index in [1.165, 1.54) is 16.7 Å². The van der Waals surface area contributed by atoms with Gasteiger partial charge >= 0.3 is 0 Å². The summed E-state index contributed by atoms with van der Waals surface area (Å²) in [6.07, 6.45) is 11.5. The predicted octanol–water partition coefficient (Wildman–Crippen LogP) is 6.51. The predicted molar refractivity (Wildman–Crippen MR) is 114 cm³/mol. The lowest BCUT2D eigenvalue weighted by Gasteiger charge is -2.05. The molecular weight excluding hydrogens is 356 g/mol. The van der Waals surface area contributed by atoms with Crippen LogP contribution >= 0.6 is 0 Å². The topological polar surface area (TPSA) is 43.4 Å². The van der Waals surface area contributed by atoms with Gasteiger partial charge in [0.2, 0.25) is 0 Å². The van der Waals surface area contributed by atoms with Gasteiger partial charge in [-0.2, -0.15) is 8.42 Å². The molecule has 27 heavy (non-hydrogen) atoms. The maximum Gasteiger partial charge on any atom is 0.296 e. The van der Waals surface area contributed by atoms with Crippen LogP contribution in [0.2, 0.25) is 0 Å². The quantitative estimate of drug-likeness (QED) is 0.246. The molecule has 0 aliphatic carbocycles. The van der Waals surface area contributed by atoms with Crippen molar-refractivity contribution in [3.05, 3.63) is 64.8 Å². The molecule has 150 valence electrons. The van der Waals surface area contributed by atoms with E-state index < -0.39 is 10.1 Å². The molecule has 0 unspecified atom stereocenters. The summed E-state index contributed by atoms with van der Waals surface area (Å²) in [5, 5.41) is 0. The van der Waals surface area contributed by atoms with E-state index in [-0.39, 0.29) is 11.5 Å². The summed E-state index contributed by atoms with van der Waals surface area (Å²) in [5.41, 5.74) is 5.08. The third kappa shape index (κ3) is 10.3. The Bertz CT molecular complexity index is 762. The van der Waals surface area contributed by atoms with Crippen molar-refractivity contribution in [2.45, 2.75) is 71.6 Å². The summed E-state index contributed by atoms with van der Waals surface area (Å²) >= 11 is 0. The van der Waals surface area contributed by atoms with Crippen LogP contribution in [0.1, 0.15) is 65.4 Å². The van der Waals surface area contributed by atoms with Gasteiger partial charge in [0, 0.05) is 0 Å². The highest BCUT2D eigenvalue weighted by atomic mass is 32.2. The monoisotopic (exact) mass is 390 g/mol. The van der Waals surface area contributed by atoms with Crippen molar-refractivity contribution in [1.82, 2.24) is 0 Å². The van der Waals surface area contributed by atoms with E-state index in [1.807, 2.05) is 6.92 Å². The number of hydrogen-bond acceptors (Lipinski definition) is 3. The summed E-state index contributed by atoms with van der Waals surface area (Å²) < 4.78 is 29.3. The van der Waals surface area contributed by atoms with E-state index >= 15 is 0 Å². The Balaban J connectivity index is 2.34. The van der Waals surface area contributed by atoms with Crippen LogP contribution in [0.15, 0.2) is 64.1 Å². The van der Waals surface area contributed by atoms with Gasteiger partial charge < -0.3 is 0 Å². The molecule has 0 atom stereocenters. The molecule has 0 fully saturated rings. The van der Waals surface area contributed by atoms with Crippen molar-refractivity contribution >= 4 is 10.1 Å². The number of aryl methyl sites for hydroxylation is 1. The second kappa shape index (κ2) is 11.9. The first-order valence-electron chi connectivity index (χ1n) is 9.61. The molecule has 0 aromatic heterocycles. The maximum absolute atomic E-state index is 12.1. The molecule has 0 radical (unpaired) electrons. The van der Waals surface area contributed by atoms with Crippen molar-refractivity contribution in [3.63, 3.8) is 0 Å². The van der Waals surface area contributed by atoms with Gasteiger partial charge in [-0.25, -0.2) is 0 Å². The number of hydrogen-bond donors (Lipinski definition) is 0. The van der Waals surface area contributed by atoms with Gasteiger partial charge in [-0.15, -0.1) is 0 Å². The molecular formula is C23H34O3S. The Kier molecular flexibility index (Phi) is 10.3. The zero-order chi connectivity index (χ0) is 20.3. The highest BCUT2D eigenvalue weighted by Gasteiger charge is 2.13. The fraction of sp³-hybridized carbons (Fsp3) is 0.478. The lowest BCUT2D eigenvalue weighted by atomic mass is 10.1. The molecule has 0 aliphatic heterocycles. The molecule has 0 spiro atoms. The SMILES string of the molecule is CC(C)=CCC/C(C)=C/CC/C(C)=C/CCOS(=O)(=O)c1ccc(C)cc1. The molecule has 4 heteroatoms. The van der Waals surface area contributed by atoms with Gasteiger partial charge in [-0.1, -0.05) is 52.6 Å². The Morgan fingerprint density at radius 1 is 0.852 bits per heavy atom. The fourth-order valence-electron chi connectivity index (χ4n) is 2.58. The molecule has 1 rings (SSSR count). The van der Waals surface area contributed by atoms with E-state index in [1.54, 1.807) is 24.3 Å². The highest BCUT2D eigenvalue weighted by Crippen LogP contribution is 2.15. The van der Waals surface area contributed by atoms with Crippen LogP contribution in [-0.4, -0.2) is 15.0 Å². The molecule has 0 heterocycles. The van der Waals surface area contributed by atoms with Crippen LogP contribution in [-0.2, 0) is 14.3 Å². The van der Waals surface area contributed by atoms with Crippen molar-refractivity contribution in [1.29, 1.82) is 0 Å². The Morgan fingerprint density at radius 2 is 1.37 bits per heavy atom. The van der Waals surface area contributed by atoms with Crippen molar-refractivity contribution in [3.8, 4) is 0 Å². The van der Waals surface area contributed by atoms with Crippen LogP contribution in [0, 0.1) is 6.92 Å². The van der Waals surface area contributed by atoms with Gasteiger partial charge in [0.05, 0.1) is 11.5 Å². The van der Waals surface area contributed by atoms with Crippen molar-refractivity contribution in [2.75, 3.05) is 6.61 Å². The van der Waals surface area contributed by atoms with Crippen molar-refractivity contribution < 1.29 is 12.6 Å². The molecule has 0 saturated carbocycles. The minimum atomic E-state index is -3.66. The first kappa shape index (κ1) is 23.4. The van der Waals surface area contributed by atoms with E-state index in [9.17, 15) is 8.42 Å². The van der Waals surface area contributed by atoms with Gasteiger partial charge in [-0.05, 0) is 78.9 Å². The van der Waals surface area contributed by atoms with E-state index in [2.05, 4.69) is 45.9 Å². The van der Waals surface area contributed by atoms with Crippen LogP contribution in [0.25, 0.3) is 0 Å². The Hall–Kier alpha value is -1.65. The zero-order valence-corrected chi connectivity index (χ0v) is 18.2. The number of rotatable bonds is 11. The van der Waals surface area contributed by atoms with E-state index in [0.717, 1.165) is 31.2 Å². The maximum atomic E-state index is 12.1. The second-order valence-corrected chi connectivity index (χ2v) is 8.95. The third-order valence-electron chi connectivity index (χ3n) is 4.28. The molecule has 3 nitrogen and oxygen atoms in total. The van der Waals surface area contributed by atoms with Crippen LogP contribution in [0.4, 0.5) is 0 Å². The second-order valence-electron chi connectivity index (χ2n) is 7.34. The van der Waals surface area contributed by atoms with E-state index in [0.29, 0.717) is 6.42 Å². The average Bonchev–Trinajstić information content (AvgIpc) is 2.59. The standard InChI is InChI=1S/C23H34O3S/c1-19(2)9-6-10-20(3)11-7-12-21(4)13-8-18-26-27(24,25)23-16-14-22(5)15-17-23/h9,11,13-17H,6-8,10,12,18H2,1-5H3/b20-11+,21-13+. The molecule has 1 aromatic rings. The number of benzene rings is 1. The first-order valence-corrected chi connectivity index (χ1v) is 11.0. The Labute approximate surface area is 166 Å². The van der Waals surface area contributed by atoms with Gasteiger partial charge in [0.15, 0.2) is 0 Å². The summed E-state index contributed by atoms with van der Waals surface area (Å²) in [5.74, 6) is 0. The highest BCUT2D eigenvalue weighted by molar-refractivity contribution is 7.86. The lowest BCUT2D eigenvalue weighted by molar-refractivity contribution is 0.324. The zero-order valence-electron chi connectivity index (χ0n) is 17.4. The van der Waals surface area contributed by atoms with Gasteiger partial charge in [-0.3, -0.25) is 4.18 Å². The average molecular weight is 391 g/mol. The van der Waals surface area contributed by atoms with Crippen LogP contribution in [0.3, 0.4) is 0 Å². The molecule has 0 bridgehead atoms. The number of allylic oxidation sites excluding steroid dienone is 5. The minimum absolute atomic E-state index is 0.172. The molecule has 1 aromatic carbocycles. The van der Waals surface area contributed by atoms with Crippen LogP contribution < -0.4 is 0 Å². The summed E-state index contributed by atoms with van der Waals surface area (Å²) in [6, 6.07) is 6.71. The first-order chi connectivity index (χ1) is 12.7. The van der Waals surface area contributed by atoms with Crippen LogP contribution in [0.5, 0.6) is 0 Å². The summed E-state index contributed by atoms with van der Waals surface area (Å²) in [4.78, 5) is 0.211. The Morgan fingerprint density at radius 3 is 1.93 bits per heavy atom. The van der Waals surface area contributed by atoms with Gasteiger partial charge in [0.1, 0.15) is 0 Å². The largest absolute Gasteiger partial charge is 0.296 e. The minimum Gasteiger partial charge on any atom is -0.266 e. The van der Waals surface area contributed by atoms with E-state index in [4.69, 9.17) is 4.18 Å². The summed E-state index contributed by atoms with van der Waals surface area (Å²) in [7, 11) is -3.66. The van der Waals surface area contributed by atoms with Crippen molar-refractivity contribution in [2.24, 2.45) is 0 Å². The fourth-order valence-corrected chi connectivity index (χ4v) is 3.50. The molecule has 0 amide bonds.